The van der Waals surface area contributed by atoms with Gasteiger partial charge in [-0.3, -0.25) is 14.4 Å². The Bertz CT molecular complexity index is 912. The molecule has 1 amide bonds. The fourth-order valence-electron chi connectivity index (χ4n) is 3.11. The van der Waals surface area contributed by atoms with Gasteiger partial charge in [-0.1, -0.05) is 5.16 Å². The summed E-state index contributed by atoms with van der Waals surface area (Å²) in [4.78, 5) is 19.1. The number of furan rings is 1. The third-order valence-electron chi connectivity index (χ3n) is 4.61. The number of aromatic nitrogens is 4. The maximum Gasteiger partial charge on any atom is 0.293 e. The van der Waals surface area contributed by atoms with E-state index in [-0.39, 0.29) is 18.3 Å². The number of hydrogen-bond acceptors (Lipinski definition) is 7. The molecule has 0 saturated heterocycles. The minimum Gasteiger partial charge on any atom is -0.459 e. The maximum atomic E-state index is 12.5. The van der Waals surface area contributed by atoms with E-state index in [9.17, 15) is 4.79 Å². The standard InChI is InChI=1S/C18H22N6O3/c1-12(2)23-6-4-7-24-13(11-23)9-14(21-24)17(25)19-10-16-20-18(27-22-16)15-5-3-8-26-15/h3,5,8-9,12H,4,6-7,10-11H2,1-2H3,(H,19,25). The van der Waals surface area contributed by atoms with Crippen molar-refractivity contribution in [1.29, 1.82) is 0 Å². The number of carbonyl (C=O) groups excluding carboxylic acids is 1. The lowest BCUT2D eigenvalue weighted by Gasteiger charge is -2.23. The highest BCUT2D eigenvalue weighted by atomic mass is 16.5. The average molecular weight is 370 g/mol. The molecule has 0 saturated carbocycles. The summed E-state index contributed by atoms with van der Waals surface area (Å²) in [5.41, 5.74) is 1.47. The topological polar surface area (TPSA) is 102 Å². The van der Waals surface area contributed by atoms with E-state index in [1.54, 1.807) is 12.1 Å². The van der Waals surface area contributed by atoms with Gasteiger partial charge in [-0.25, -0.2) is 0 Å². The predicted molar refractivity (Wildman–Crippen MR) is 95.6 cm³/mol. The van der Waals surface area contributed by atoms with Crippen LogP contribution in [-0.4, -0.2) is 43.3 Å². The van der Waals surface area contributed by atoms with Crippen LogP contribution >= 0.6 is 0 Å². The van der Waals surface area contributed by atoms with Crippen LogP contribution in [-0.2, 0) is 19.6 Å². The first kappa shape index (κ1) is 17.5. The van der Waals surface area contributed by atoms with E-state index in [1.807, 2.05) is 10.7 Å². The Labute approximate surface area is 156 Å². The number of carbonyl (C=O) groups is 1. The van der Waals surface area contributed by atoms with Crippen molar-refractivity contribution in [3.63, 3.8) is 0 Å². The first-order chi connectivity index (χ1) is 13.1. The molecule has 0 bridgehead atoms. The fraction of sp³-hybridized carbons (Fsp3) is 0.444. The zero-order valence-corrected chi connectivity index (χ0v) is 15.4. The summed E-state index contributed by atoms with van der Waals surface area (Å²) in [6.45, 7) is 7.18. The summed E-state index contributed by atoms with van der Waals surface area (Å²) in [6.07, 6.45) is 2.55. The van der Waals surface area contributed by atoms with Crippen LogP contribution in [0.5, 0.6) is 0 Å². The lowest BCUT2D eigenvalue weighted by atomic mass is 10.2. The Balaban J connectivity index is 1.40. The van der Waals surface area contributed by atoms with Gasteiger partial charge in [-0.15, -0.1) is 0 Å². The van der Waals surface area contributed by atoms with Crippen LogP contribution in [0.1, 0.15) is 42.3 Å². The van der Waals surface area contributed by atoms with Gasteiger partial charge in [0, 0.05) is 25.7 Å². The van der Waals surface area contributed by atoms with Gasteiger partial charge in [-0.2, -0.15) is 10.1 Å². The fourth-order valence-corrected chi connectivity index (χ4v) is 3.11. The molecule has 0 unspecified atom stereocenters. The molecule has 1 aliphatic rings. The average Bonchev–Trinajstić information content (AvgIpc) is 3.38. The van der Waals surface area contributed by atoms with Crippen molar-refractivity contribution in [3.8, 4) is 11.7 Å². The molecule has 27 heavy (non-hydrogen) atoms. The van der Waals surface area contributed by atoms with Gasteiger partial charge in [-0.05, 0) is 38.5 Å². The summed E-state index contributed by atoms with van der Waals surface area (Å²) >= 11 is 0. The van der Waals surface area contributed by atoms with E-state index < -0.39 is 0 Å². The van der Waals surface area contributed by atoms with Gasteiger partial charge < -0.3 is 14.3 Å². The van der Waals surface area contributed by atoms with Crippen molar-refractivity contribution in [1.82, 2.24) is 30.1 Å². The van der Waals surface area contributed by atoms with Crippen LogP contribution in [0.15, 0.2) is 33.4 Å². The number of rotatable bonds is 5. The quantitative estimate of drug-likeness (QED) is 0.733. The minimum absolute atomic E-state index is 0.156. The van der Waals surface area contributed by atoms with Crippen molar-refractivity contribution in [2.45, 2.75) is 45.9 Å². The number of hydrogen-bond donors (Lipinski definition) is 1. The van der Waals surface area contributed by atoms with Gasteiger partial charge in [0.05, 0.1) is 18.5 Å². The van der Waals surface area contributed by atoms with Crippen LogP contribution in [0.3, 0.4) is 0 Å². The van der Waals surface area contributed by atoms with Crippen molar-refractivity contribution in [2.75, 3.05) is 6.54 Å². The van der Waals surface area contributed by atoms with E-state index >= 15 is 0 Å². The van der Waals surface area contributed by atoms with Gasteiger partial charge in [0.2, 0.25) is 0 Å². The van der Waals surface area contributed by atoms with E-state index in [4.69, 9.17) is 8.94 Å². The smallest absolute Gasteiger partial charge is 0.293 e. The predicted octanol–water partition coefficient (Wildman–Crippen LogP) is 2.07. The first-order valence-corrected chi connectivity index (χ1v) is 9.05. The zero-order chi connectivity index (χ0) is 18.8. The molecule has 0 atom stereocenters. The van der Waals surface area contributed by atoms with Crippen molar-refractivity contribution >= 4 is 5.91 Å². The number of fused-ring (bicyclic) bond motifs is 1. The van der Waals surface area contributed by atoms with E-state index in [0.29, 0.717) is 23.3 Å². The highest BCUT2D eigenvalue weighted by molar-refractivity contribution is 5.92. The number of nitrogens with zero attached hydrogens (tertiary/aromatic N) is 5. The monoisotopic (exact) mass is 370 g/mol. The molecule has 0 spiro atoms. The number of nitrogens with one attached hydrogen (secondary N) is 1. The summed E-state index contributed by atoms with van der Waals surface area (Å²) in [7, 11) is 0. The molecular formula is C18H22N6O3. The zero-order valence-electron chi connectivity index (χ0n) is 15.4. The molecule has 0 aromatic carbocycles. The second-order valence-electron chi connectivity index (χ2n) is 6.84. The van der Waals surface area contributed by atoms with Crippen molar-refractivity contribution < 1.29 is 13.7 Å². The first-order valence-electron chi connectivity index (χ1n) is 9.05. The molecule has 4 heterocycles. The Morgan fingerprint density at radius 1 is 1.37 bits per heavy atom. The number of aryl methyl sites for hydroxylation is 1. The highest BCUT2D eigenvalue weighted by Crippen LogP contribution is 2.18. The van der Waals surface area contributed by atoms with Crippen molar-refractivity contribution in [2.24, 2.45) is 0 Å². The van der Waals surface area contributed by atoms with Crippen LogP contribution in [0, 0.1) is 0 Å². The normalized spacial score (nSPS) is 14.9. The van der Waals surface area contributed by atoms with Gasteiger partial charge in [0.15, 0.2) is 17.3 Å². The van der Waals surface area contributed by atoms with Crippen LogP contribution in [0.2, 0.25) is 0 Å². The molecule has 1 N–H and O–H groups in total. The maximum absolute atomic E-state index is 12.5. The Kier molecular flexibility index (Phi) is 4.76. The third-order valence-corrected chi connectivity index (χ3v) is 4.61. The summed E-state index contributed by atoms with van der Waals surface area (Å²) in [6, 6.07) is 5.80. The van der Waals surface area contributed by atoms with Crippen LogP contribution < -0.4 is 5.32 Å². The Morgan fingerprint density at radius 3 is 3.04 bits per heavy atom. The van der Waals surface area contributed by atoms with Gasteiger partial charge >= 0.3 is 0 Å². The minimum atomic E-state index is -0.254. The SMILES string of the molecule is CC(C)N1CCCn2nc(C(=O)NCc3noc(-c4ccco4)n3)cc2C1. The molecule has 0 fully saturated rings. The van der Waals surface area contributed by atoms with E-state index in [0.717, 1.165) is 31.7 Å². The van der Waals surface area contributed by atoms with Gasteiger partial charge in [0.1, 0.15) is 0 Å². The molecule has 0 aliphatic carbocycles. The summed E-state index contributed by atoms with van der Waals surface area (Å²) in [5.74, 6) is 0.900. The van der Waals surface area contributed by atoms with E-state index in [1.165, 1.54) is 6.26 Å². The molecule has 142 valence electrons. The summed E-state index contributed by atoms with van der Waals surface area (Å²) in [5, 5.41) is 11.1. The Hall–Kier alpha value is -2.94. The molecule has 9 heteroatoms. The lowest BCUT2D eigenvalue weighted by molar-refractivity contribution is 0.0943. The lowest BCUT2D eigenvalue weighted by Crippen LogP contribution is -2.30. The molecule has 1 aliphatic heterocycles. The molecule has 9 nitrogen and oxygen atoms in total. The second-order valence-corrected chi connectivity index (χ2v) is 6.84. The Morgan fingerprint density at radius 2 is 2.26 bits per heavy atom. The largest absolute Gasteiger partial charge is 0.459 e. The van der Waals surface area contributed by atoms with Crippen LogP contribution in [0.25, 0.3) is 11.7 Å². The second kappa shape index (κ2) is 7.36. The van der Waals surface area contributed by atoms with Gasteiger partial charge in [0.25, 0.3) is 11.8 Å². The van der Waals surface area contributed by atoms with E-state index in [2.05, 4.69) is 39.3 Å². The molecule has 4 rings (SSSR count). The number of amides is 1. The molecule has 3 aromatic rings. The third kappa shape index (κ3) is 3.77. The van der Waals surface area contributed by atoms with Crippen molar-refractivity contribution in [3.05, 3.63) is 41.7 Å². The van der Waals surface area contributed by atoms with Crippen LogP contribution in [0.4, 0.5) is 0 Å². The highest BCUT2D eigenvalue weighted by Gasteiger charge is 2.21. The molecule has 3 aromatic heterocycles. The molecular weight excluding hydrogens is 348 g/mol. The summed E-state index contributed by atoms with van der Waals surface area (Å²) < 4.78 is 12.3. The molecule has 0 radical (unpaired) electrons.